The first-order valence-corrected chi connectivity index (χ1v) is 9.19. The number of aryl methyl sites for hydroxylation is 1. The lowest BCUT2D eigenvalue weighted by atomic mass is 9.81. The Morgan fingerprint density at radius 1 is 1.20 bits per heavy atom. The number of rotatable bonds is 4. The summed E-state index contributed by atoms with van der Waals surface area (Å²) in [4.78, 5) is 17.8. The number of carbonyl (C=O) groups excluding carboxylic acids is 1. The van der Waals surface area contributed by atoms with E-state index in [-0.39, 0.29) is 11.3 Å². The largest absolute Gasteiger partial charge is 0.465 e. The fraction of sp³-hybridized carbons (Fsp3) is 0.476. The molecule has 0 radical (unpaired) electrons. The van der Waals surface area contributed by atoms with E-state index in [0.29, 0.717) is 5.92 Å². The Labute approximate surface area is 149 Å². The number of hydrogen-bond acceptors (Lipinski definition) is 3. The lowest BCUT2D eigenvalue weighted by Crippen LogP contribution is -2.43. The summed E-state index contributed by atoms with van der Waals surface area (Å²) in [7, 11) is 0. The lowest BCUT2D eigenvalue weighted by Gasteiger charge is -2.25. The predicted molar refractivity (Wildman–Crippen MR) is 98.7 cm³/mol. The molecule has 0 unspecified atom stereocenters. The Morgan fingerprint density at radius 3 is 2.72 bits per heavy atom. The molecule has 25 heavy (non-hydrogen) atoms. The Balaban J connectivity index is 1.62. The molecule has 132 valence electrons. The highest BCUT2D eigenvalue weighted by Crippen LogP contribution is 2.47. The fourth-order valence-corrected chi connectivity index (χ4v) is 4.35. The van der Waals surface area contributed by atoms with Gasteiger partial charge >= 0.3 is 0 Å². The summed E-state index contributed by atoms with van der Waals surface area (Å²) in [5, 5.41) is 0. The molecular formula is C21H26N2O2. The summed E-state index contributed by atoms with van der Waals surface area (Å²) in [5.41, 5.74) is 1.93. The van der Waals surface area contributed by atoms with Crippen LogP contribution in [0.25, 0.3) is 0 Å². The zero-order valence-electron chi connectivity index (χ0n) is 15.3. The molecule has 2 aromatic rings. The van der Waals surface area contributed by atoms with E-state index in [9.17, 15) is 4.79 Å². The highest BCUT2D eigenvalue weighted by molar-refractivity contribution is 6.08. The highest BCUT2D eigenvalue weighted by atomic mass is 16.3. The van der Waals surface area contributed by atoms with Gasteiger partial charge in [-0.15, -0.1) is 0 Å². The Morgan fingerprint density at radius 2 is 2.00 bits per heavy atom. The number of carbonyl (C=O) groups is 1. The van der Waals surface area contributed by atoms with Crippen molar-refractivity contribution >= 4 is 11.6 Å². The van der Waals surface area contributed by atoms with Crippen LogP contribution in [0.1, 0.15) is 37.4 Å². The molecule has 1 amide bonds. The Hall–Kier alpha value is -2.07. The van der Waals surface area contributed by atoms with Crippen LogP contribution in [-0.4, -0.2) is 30.4 Å². The molecule has 0 bridgehead atoms. The molecule has 2 aliphatic heterocycles. The van der Waals surface area contributed by atoms with Gasteiger partial charge in [-0.3, -0.25) is 9.69 Å². The SMILES string of the molecule is Cc1ccc(CN2CC[C@]3(C2)C(=O)N(CC(C)C)c2ccccc23)o1. The maximum atomic E-state index is 13.4. The topological polar surface area (TPSA) is 36.7 Å². The van der Waals surface area contributed by atoms with Gasteiger partial charge in [0.15, 0.2) is 0 Å². The molecule has 1 aromatic carbocycles. The van der Waals surface area contributed by atoms with Crippen LogP contribution in [0.15, 0.2) is 40.8 Å². The van der Waals surface area contributed by atoms with Gasteiger partial charge in [-0.1, -0.05) is 32.0 Å². The van der Waals surface area contributed by atoms with Crippen molar-refractivity contribution in [2.75, 3.05) is 24.5 Å². The number of hydrogen-bond donors (Lipinski definition) is 0. The van der Waals surface area contributed by atoms with Gasteiger partial charge in [0, 0.05) is 25.3 Å². The van der Waals surface area contributed by atoms with Gasteiger partial charge in [-0.05, 0) is 43.0 Å². The molecule has 0 aliphatic carbocycles. The molecule has 4 rings (SSSR count). The maximum absolute atomic E-state index is 13.4. The van der Waals surface area contributed by atoms with E-state index >= 15 is 0 Å². The summed E-state index contributed by atoms with van der Waals surface area (Å²) in [6.45, 7) is 9.56. The molecule has 1 aromatic heterocycles. The molecule has 1 fully saturated rings. The summed E-state index contributed by atoms with van der Waals surface area (Å²) < 4.78 is 5.73. The van der Waals surface area contributed by atoms with Crippen LogP contribution in [0.5, 0.6) is 0 Å². The van der Waals surface area contributed by atoms with Crippen molar-refractivity contribution in [1.82, 2.24) is 4.90 Å². The third-order valence-corrected chi connectivity index (χ3v) is 5.44. The first kappa shape index (κ1) is 16.4. The van der Waals surface area contributed by atoms with Crippen molar-refractivity contribution < 1.29 is 9.21 Å². The van der Waals surface area contributed by atoms with Gasteiger partial charge in [0.05, 0.1) is 12.0 Å². The smallest absolute Gasteiger partial charge is 0.239 e. The number of nitrogens with zero attached hydrogens (tertiary/aromatic N) is 2. The second-order valence-corrected chi connectivity index (χ2v) is 7.88. The van der Waals surface area contributed by atoms with Crippen LogP contribution in [0.2, 0.25) is 0 Å². The van der Waals surface area contributed by atoms with E-state index in [2.05, 4.69) is 36.9 Å². The van der Waals surface area contributed by atoms with Crippen LogP contribution < -0.4 is 4.90 Å². The number of anilines is 1. The second-order valence-electron chi connectivity index (χ2n) is 7.88. The van der Waals surface area contributed by atoms with Gasteiger partial charge in [-0.25, -0.2) is 0 Å². The lowest BCUT2D eigenvalue weighted by molar-refractivity contribution is -0.123. The number of benzene rings is 1. The molecule has 1 atom stereocenters. The quantitative estimate of drug-likeness (QED) is 0.852. The minimum atomic E-state index is -0.382. The molecule has 1 saturated heterocycles. The van der Waals surface area contributed by atoms with Crippen molar-refractivity contribution in [2.24, 2.45) is 5.92 Å². The minimum absolute atomic E-state index is 0.278. The number of furan rings is 1. The highest BCUT2D eigenvalue weighted by Gasteiger charge is 2.54. The number of amides is 1. The molecule has 4 heteroatoms. The number of para-hydroxylation sites is 1. The fourth-order valence-electron chi connectivity index (χ4n) is 4.35. The summed E-state index contributed by atoms with van der Waals surface area (Å²) in [6.07, 6.45) is 0.886. The van der Waals surface area contributed by atoms with Crippen LogP contribution in [0, 0.1) is 12.8 Å². The summed E-state index contributed by atoms with van der Waals surface area (Å²) in [5.74, 6) is 2.65. The molecule has 3 heterocycles. The molecular weight excluding hydrogens is 312 g/mol. The average Bonchev–Trinajstić information content (AvgIpc) is 3.24. The van der Waals surface area contributed by atoms with Gasteiger partial charge < -0.3 is 9.32 Å². The van der Waals surface area contributed by atoms with Gasteiger partial charge in [0.2, 0.25) is 5.91 Å². The van der Waals surface area contributed by atoms with E-state index in [4.69, 9.17) is 4.42 Å². The van der Waals surface area contributed by atoms with E-state index in [1.165, 1.54) is 5.56 Å². The Bertz CT molecular complexity index is 795. The van der Waals surface area contributed by atoms with E-state index in [1.807, 2.05) is 30.0 Å². The van der Waals surface area contributed by atoms with Crippen LogP contribution in [0.4, 0.5) is 5.69 Å². The zero-order chi connectivity index (χ0) is 17.6. The number of likely N-dealkylation sites (tertiary alicyclic amines) is 1. The predicted octanol–water partition coefficient (Wildman–Crippen LogP) is 3.73. The molecule has 1 spiro atoms. The van der Waals surface area contributed by atoms with E-state index in [0.717, 1.165) is 49.8 Å². The van der Waals surface area contributed by atoms with Crippen molar-refractivity contribution in [3.8, 4) is 0 Å². The minimum Gasteiger partial charge on any atom is -0.465 e. The van der Waals surface area contributed by atoms with Crippen LogP contribution in [-0.2, 0) is 16.8 Å². The van der Waals surface area contributed by atoms with E-state index in [1.54, 1.807) is 0 Å². The summed E-state index contributed by atoms with van der Waals surface area (Å²) >= 11 is 0. The van der Waals surface area contributed by atoms with Gasteiger partial charge in [0.1, 0.15) is 11.5 Å². The van der Waals surface area contributed by atoms with Crippen molar-refractivity contribution in [1.29, 1.82) is 0 Å². The molecule has 4 nitrogen and oxygen atoms in total. The van der Waals surface area contributed by atoms with Crippen molar-refractivity contribution in [3.63, 3.8) is 0 Å². The molecule has 0 saturated carbocycles. The monoisotopic (exact) mass is 338 g/mol. The molecule has 2 aliphatic rings. The number of fused-ring (bicyclic) bond motifs is 2. The molecule has 0 N–H and O–H groups in total. The first-order valence-electron chi connectivity index (χ1n) is 9.19. The third kappa shape index (κ3) is 2.69. The second kappa shape index (κ2) is 6.03. The zero-order valence-corrected chi connectivity index (χ0v) is 15.3. The van der Waals surface area contributed by atoms with Crippen LogP contribution in [0.3, 0.4) is 0 Å². The van der Waals surface area contributed by atoms with Gasteiger partial charge in [-0.2, -0.15) is 0 Å². The van der Waals surface area contributed by atoms with Crippen molar-refractivity contribution in [3.05, 3.63) is 53.5 Å². The maximum Gasteiger partial charge on any atom is 0.239 e. The Kier molecular flexibility index (Phi) is 3.95. The van der Waals surface area contributed by atoms with Gasteiger partial charge in [0.25, 0.3) is 0 Å². The van der Waals surface area contributed by atoms with E-state index < -0.39 is 0 Å². The van der Waals surface area contributed by atoms with Crippen LogP contribution >= 0.6 is 0 Å². The third-order valence-electron chi connectivity index (χ3n) is 5.44. The first-order chi connectivity index (χ1) is 12.0. The standard InChI is InChI=1S/C21H26N2O2/c1-15(2)12-23-19-7-5-4-6-18(19)21(20(23)24)10-11-22(14-21)13-17-9-8-16(3)25-17/h4-9,15H,10-14H2,1-3H3/t21-/m1/s1. The normalized spacial score (nSPS) is 23.2. The van der Waals surface area contributed by atoms with Crippen molar-refractivity contribution in [2.45, 2.75) is 39.2 Å². The average molecular weight is 338 g/mol. The summed E-state index contributed by atoms with van der Waals surface area (Å²) in [6, 6.07) is 12.4.